The Balaban J connectivity index is 2.39. The van der Waals surface area contributed by atoms with Crippen LogP contribution in [0.5, 0.6) is 0 Å². The van der Waals surface area contributed by atoms with Crippen LogP contribution in [0.1, 0.15) is 19.2 Å². The van der Waals surface area contributed by atoms with E-state index in [1.807, 2.05) is 37.4 Å². The number of anilines is 1. The lowest BCUT2D eigenvalue weighted by Crippen LogP contribution is -2.10. The molecule has 0 saturated heterocycles. The SMILES string of the molecule is CCc1ncc(NCCCN)c(-c2ccccc2Cl)n1. The molecule has 0 fully saturated rings. The molecule has 0 radical (unpaired) electrons. The summed E-state index contributed by atoms with van der Waals surface area (Å²) in [6.45, 7) is 3.48. The fraction of sp³-hybridized carbons (Fsp3) is 0.333. The molecule has 0 spiro atoms. The molecule has 0 saturated carbocycles. The van der Waals surface area contributed by atoms with Crippen molar-refractivity contribution in [2.45, 2.75) is 19.8 Å². The maximum Gasteiger partial charge on any atom is 0.128 e. The molecule has 106 valence electrons. The maximum absolute atomic E-state index is 6.28. The molecule has 0 amide bonds. The van der Waals surface area contributed by atoms with Gasteiger partial charge in [-0.25, -0.2) is 9.97 Å². The van der Waals surface area contributed by atoms with Gasteiger partial charge in [0.2, 0.25) is 0 Å². The molecule has 20 heavy (non-hydrogen) atoms. The molecule has 1 aromatic carbocycles. The lowest BCUT2D eigenvalue weighted by Gasteiger charge is -2.13. The van der Waals surface area contributed by atoms with E-state index in [2.05, 4.69) is 15.3 Å². The van der Waals surface area contributed by atoms with E-state index in [-0.39, 0.29) is 0 Å². The molecule has 0 aliphatic carbocycles. The minimum atomic E-state index is 0.655. The van der Waals surface area contributed by atoms with Crippen molar-refractivity contribution in [3.8, 4) is 11.3 Å². The third-order valence-corrected chi connectivity index (χ3v) is 3.31. The van der Waals surface area contributed by atoms with Crippen molar-refractivity contribution < 1.29 is 0 Å². The van der Waals surface area contributed by atoms with E-state index in [9.17, 15) is 0 Å². The highest BCUT2D eigenvalue weighted by Crippen LogP contribution is 2.31. The lowest BCUT2D eigenvalue weighted by molar-refractivity contribution is 0.869. The summed E-state index contributed by atoms with van der Waals surface area (Å²) in [5.41, 5.74) is 8.18. The van der Waals surface area contributed by atoms with Gasteiger partial charge in [-0.2, -0.15) is 0 Å². The van der Waals surface area contributed by atoms with Crippen molar-refractivity contribution in [1.29, 1.82) is 0 Å². The molecule has 3 N–H and O–H groups in total. The quantitative estimate of drug-likeness (QED) is 0.802. The molecular formula is C15H19ClN4. The van der Waals surface area contributed by atoms with Crippen molar-refractivity contribution in [3.63, 3.8) is 0 Å². The van der Waals surface area contributed by atoms with E-state index in [4.69, 9.17) is 17.3 Å². The minimum Gasteiger partial charge on any atom is -0.382 e. The Hall–Kier alpha value is -1.65. The number of nitrogens with one attached hydrogen (secondary N) is 1. The molecule has 0 aliphatic rings. The summed E-state index contributed by atoms with van der Waals surface area (Å²) in [6.07, 6.45) is 3.51. The normalized spacial score (nSPS) is 10.6. The standard InChI is InChI=1S/C15H19ClN4/c1-2-14-19-10-13(18-9-5-8-17)15(20-14)11-6-3-4-7-12(11)16/h3-4,6-7,10,18H,2,5,8-9,17H2,1H3. The van der Waals surface area contributed by atoms with Gasteiger partial charge in [-0.3, -0.25) is 0 Å². The smallest absolute Gasteiger partial charge is 0.128 e. The highest BCUT2D eigenvalue weighted by atomic mass is 35.5. The summed E-state index contributed by atoms with van der Waals surface area (Å²) in [5.74, 6) is 0.810. The Morgan fingerprint density at radius 1 is 1.30 bits per heavy atom. The first-order valence-corrected chi connectivity index (χ1v) is 7.18. The Kier molecular flexibility index (Phi) is 5.32. The van der Waals surface area contributed by atoms with E-state index in [0.29, 0.717) is 11.6 Å². The fourth-order valence-electron chi connectivity index (χ4n) is 1.90. The fourth-order valence-corrected chi connectivity index (χ4v) is 2.13. The van der Waals surface area contributed by atoms with Gasteiger partial charge in [-0.15, -0.1) is 0 Å². The minimum absolute atomic E-state index is 0.655. The molecule has 0 aliphatic heterocycles. The predicted octanol–water partition coefficient (Wildman–Crippen LogP) is 3.12. The molecule has 0 unspecified atom stereocenters. The summed E-state index contributed by atoms with van der Waals surface area (Å²) in [7, 11) is 0. The van der Waals surface area contributed by atoms with Crippen LogP contribution >= 0.6 is 11.6 Å². The van der Waals surface area contributed by atoms with Gasteiger partial charge in [0.1, 0.15) is 5.82 Å². The Morgan fingerprint density at radius 2 is 2.10 bits per heavy atom. The number of hydrogen-bond donors (Lipinski definition) is 2. The van der Waals surface area contributed by atoms with Gasteiger partial charge in [0.05, 0.1) is 22.6 Å². The number of rotatable bonds is 6. The molecular weight excluding hydrogens is 272 g/mol. The zero-order chi connectivity index (χ0) is 14.4. The van der Waals surface area contributed by atoms with Gasteiger partial charge in [0.25, 0.3) is 0 Å². The molecule has 5 heteroatoms. The van der Waals surface area contributed by atoms with Gasteiger partial charge in [-0.1, -0.05) is 36.7 Å². The molecule has 2 rings (SSSR count). The molecule has 1 heterocycles. The van der Waals surface area contributed by atoms with Crippen molar-refractivity contribution in [2.24, 2.45) is 5.73 Å². The molecule has 4 nitrogen and oxygen atoms in total. The van der Waals surface area contributed by atoms with E-state index < -0.39 is 0 Å². The molecule has 0 bridgehead atoms. The molecule has 1 aromatic heterocycles. The third-order valence-electron chi connectivity index (χ3n) is 2.98. The van der Waals surface area contributed by atoms with Gasteiger partial charge in [0, 0.05) is 18.5 Å². The van der Waals surface area contributed by atoms with Crippen molar-refractivity contribution in [2.75, 3.05) is 18.4 Å². The van der Waals surface area contributed by atoms with Crippen molar-refractivity contribution in [1.82, 2.24) is 9.97 Å². The number of benzene rings is 1. The first-order valence-electron chi connectivity index (χ1n) is 6.81. The second-order valence-corrected chi connectivity index (χ2v) is 4.86. The van der Waals surface area contributed by atoms with E-state index in [1.165, 1.54) is 0 Å². The second-order valence-electron chi connectivity index (χ2n) is 4.45. The lowest BCUT2D eigenvalue weighted by atomic mass is 10.1. The highest BCUT2D eigenvalue weighted by Gasteiger charge is 2.11. The zero-order valence-corrected chi connectivity index (χ0v) is 12.3. The first-order chi connectivity index (χ1) is 9.76. The molecule has 0 atom stereocenters. The Bertz CT molecular complexity index is 572. The number of aromatic nitrogens is 2. The van der Waals surface area contributed by atoms with Crippen LogP contribution in [0.15, 0.2) is 30.5 Å². The monoisotopic (exact) mass is 290 g/mol. The number of hydrogen-bond acceptors (Lipinski definition) is 4. The number of halogens is 1. The summed E-state index contributed by atoms with van der Waals surface area (Å²) >= 11 is 6.28. The average Bonchev–Trinajstić information content (AvgIpc) is 2.48. The van der Waals surface area contributed by atoms with Gasteiger partial charge < -0.3 is 11.1 Å². The Morgan fingerprint density at radius 3 is 2.80 bits per heavy atom. The van der Waals surface area contributed by atoms with E-state index in [0.717, 1.165) is 42.2 Å². The van der Waals surface area contributed by atoms with Crippen LogP contribution in [0.4, 0.5) is 5.69 Å². The largest absolute Gasteiger partial charge is 0.382 e. The Labute approximate surface area is 124 Å². The first kappa shape index (κ1) is 14.8. The van der Waals surface area contributed by atoms with Crippen LogP contribution in [-0.4, -0.2) is 23.1 Å². The van der Waals surface area contributed by atoms with Crippen LogP contribution < -0.4 is 11.1 Å². The van der Waals surface area contributed by atoms with Gasteiger partial charge in [-0.05, 0) is 19.0 Å². The van der Waals surface area contributed by atoms with Crippen LogP contribution in [0.25, 0.3) is 11.3 Å². The van der Waals surface area contributed by atoms with Crippen LogP contribution in [-0.2, 0) is 6.42 Å². The van der Waals surface area contributed by atoms with Crippen LogP contribution in [0.3, 0.4) is 0 Å². The van der Waals surface area contributed by atoms with Gasteiger partial charge >= 0.3 is 0 Å². The molecule has 2 aromatic rings. The van der Waals surface area contributed by atoms with Gasteiger partial charge in [0.15, 0.2) is 0 Å². The maximum atomic E-state index is 6.28. The summed E-state index contributed by atoms with van der Waals surface area (Å²) < 4.78 is 0. The number of nitrogens with zero attached hydrogens (tertiary/aromatic N) is 2. The topological polar surface area (TPSA) is 63.8 Å². The number of aryl methyl sites for hydroxylation is 1. The van der Waals surface area contributed by atoms with Crippen molar-refractivity contribution in [3.05, 3.63) is 41.3 Å². The second kappa shape index (κ2) is 7.22. The van der Waals surface area contributed by atoms with E-state index >= 15 is 0 Å². The summed E-state index contributed by atoms with van der Waals surface area (Å²) in [4.78, 5) is 8.96. The van der Waals surface area contributed by atoms with Crippen LogP contribution in [0, 0.1) is 0 Å². The number of nitrogens with two attached hydrogens (primary N) is 1. The summed E-state index contributed by atoms with van der Waals surface area (Å²) in [5, 5.41) is 4.02. The predicted molar refractivity (Wildman–Crippen MR) is 84.0 cm³/mol. The van der Waals surface area contributed by atoms with Crippen molar-refractivity contribution >= 4 is 17.3 Å². The van der Waals surface area contributed by atoms with Crippen LogP contribution in [0.2, 0.25) is 5.02 Å². The summed E-state index contributed by atoms with van der Waals surface area (Å²) in [6, 6.07) is 7.71. The highest BCUT2D eigenvalue weighted by molar-refractivity contribution is 6.33. The van der Waals surface area contributed by atoms with E-state index in [1.54, 1.807) is 0 Å². The third kappa shape index (κ3) is 3.46. The zero-order valence-electron chi connectivity index (χ0n) is 11.6. The average molecular weight is 291 g/mol.